The first-order valence-corrected chi connectivity index (χ1v) is 8.37. The molecule has 126 valence electrons. The monoisotopic (exact) mass is 326 g/mol. The fourth-order valence-electron chi connectivity index (χ4n) is 3.70. The van der Waals surface area contributed by atoms with Crippen LogP contribution in [0.4, 0.5) is 0 Å². The van der Waals surface area contributed by atoms with Gasteiger partial charge in [0.2, 0.25) is 5.88 Å². The van der Waals surface area contributed by atoms with Crippen molar-refractivity contribution in [1.29, 1.82) is 5.26 Å². The largest absolute Gasteiger partial charge is 0.444 e. The van der Waals surface area contributed by atoms with Gasteiger partial charge >= 0.3 is 0 Å². The van der Waals surface area contributed by atoms with Gasteiger partial charge in [-0.25, -0.2) is 0 Å². The van der Waals surface area contributed by atoms with E-state index in [4.69, 9.17) is 10.5 Å². The van der Waals surface area contributed by atoms with Gasteiger partial charge in [-0.15, -0.1) is 0 Å². The maximum atomic E-state index is 12.6. The summed E-state index contributed by atoms with van der Waals surface area (Å²) in [5.41, 5.74) is 9.62. The van der Waals surface area contributed by atoms with E-state index < -0.39 is 5.92 Å². The summed E-state index contributed by atoms with van der Waals surface area (Å²) in [4.78, 5) is 12.6. The van der Waals surface area contributed by atoms with Gasteiger partial charge in [-0.05, 0) is 26.7 Å². The number of Topliss-reactive ketones (excluding diaryl/α,β-unsaturated/α-hetero) is 1. The van der Waals surface area contributed by atoms with Crippen molar-refractivity contribution in [2.24, 2.45) is 5.73 Å². The maximum absolute atomic E-state index is 12.6. The molecule has 2 N–H and O–H groups in total. The molecule has 0 unspecified atom stereocenters. The Balaban J connectivity index is 2.22. The van der Waals surface area contributed by atoms with Gasteiger partial charge in [-0.2, -0.15) is 10.4 Å². The van der Waals surface area contributed by atoms with Crippen molar-refractivity contribution in [3.05, 3.63) is 39.7 Å². The van der Waals surface area contributed by atoms with E-state index >= 15 is 0 Å². The Bertz CT molecular complexity index is 808. The molecule has 0 radical (unpaired) electrons. The molecule has 2 aliphatic rings. The second-order valence-electron chi connectivity index (χ2n) is 6.35. The minimum absolute atomic E-state index is 0.0449. The van der Waals surface area contributed by atoms with Gasteiger partial charge in [-0.3, -0.25) is 9.48 Å². The van der Waals surface area contributed by atoms with E-state index in [0.717, 1.165) is 36.3 Å². The summed E-state index contributed by atoms with van der Waals surface area (Å²) in [6.45, 7) is 6.80. The molecule has 0 fully saturated rings. The van der Waals surface area contributed by atoms with E-state index in [-0.39, 0.29) is 11.7 Å². The topological polar surface area (TPSA) is 93.9 Å². The van der Waals surface area contributed by atoms with Crippen LogP contribution < -0.4 is 5.73 Å². The molecule has 3 rings (SSSR count). The predicted molar refractivity (Wildman–Crippen MR) is 88.5 cm³/mol. The molecule has 1 aromatic rings. The zero-order valence-corrected chi connectivity index (χ0v) is 14.3. The Hall–Kier alpha value is -2.55. The van der Waals surface area contributed by atoms with Gasteiger partial charge < -0.3 is 10.5 Å². The molecule has 1 aliphatic carbocycles. The van der Waals surface area contributed by atoms with Crippen molar-refractivity contribution in [1.82, 2.24) is 9.78 Å². The van der Waals surface area contributed by atoms with Gasteiger partial charge in [0, 0.05) is 36.2 Å². The van der Waals surface area contributed by atoms with Crippen molar-refractivity contribution in [3.8, 4) is 6.07 Å². The van der Waals surface area contributed by atoms with Crippen LogP contribution in [0, 0.1) is 25.2 Å². The molecule has 0 bridgehead atoms. The number of hydrogen-bond donors (Lipinski definition) is 1. The fraction of sp³-hybridized carbons (Fsp3) is 0.500. The highest BCUT2D eigenvalue weighted by molar-refractivity contribution is 5.99. The number of nitriles is 1. The van der Waals surface area contributed by atoms with Crippen LogP contribution in [-0.4, -0.2) is 15.6 Å². The van der Waals surface area contributed by atoms with Crippen LogP contribution in [0.25, 0.3) is 0 Å². The Morgan fingerprint density at radius 1 is 1.42 bits per heavy atom. The molecule has 24 heavy (non-hydrogen) atoms. The number of carbonyl (C=O) groups is 1. The minimum Gasteiger partial charge on any atom is -0.444 e. The molecule has 6 heteroatoms. The molecule has 0 aromatic carbocycles. The number of ketones is 1. The van der Waals surface area contributed by atoms with Gasteiger partial charge in [0.25, 0.3) is 0 Å². The Kier molecular flexibility index (Phi) is 4.18. The zero-order valence-electron chi connectivity index (χ0n) is 14.3. The lowest BCUT2D eigenvalue weighted by Gasteiger charge is -2.31. The van der Waals surface area contributed by atoms with Crippen LogP contribution in [0.5, 0.6) is 0 Å². The summed E-state index contributed by atoms with van der Waals surface area (Å²) in [6, 6.07) is 2.16. The van der Waals surface area contributed by atoms with Gasteiger partial charge in [0.15, 0.2) is 5.78 Å². The number of nitrogens with two attached hydrogens (primary N) is 1. The molecule has 0 saturated heterocycles. The number of allylic oxidation sites excluding steroid dienone is 3. The minimum atomic E-state index is -0.461. The second kappa shape index (κ2) is 6.16. The normalized spacial score (nSPS) is 20.8. The maximum Gasteiger partial charge on any atom is 0.205 e. The van der Waals surface area contributed by atoms with E-state index in [9.17, 15) is 10.1 Å². The summed E-state index contributed by atoms with van der Waals surface area (Å²) in [6.07, 6.45) is 2.88. The summed E-state index contributed by atoms with van der Waals surface area (Å²) < 4.78 is 7.56. The SMILES string of the molecule is CCCn1nc(C)c([C@H]2C(C#N)=C(N)OC3=C2C(=O)CCC3)c1C. The highest BCUT2D eigenvalue weighted by Gasteiger charge is 2.40. The molecule has 1 atom stereocenters. The quantitative estimate of drug-likeness (QED) is 0.921. The van der Waals surface area contributed by atoms with Crippen LogP contribution in [0.3, 0.4) is 0 Å². The van der Waals surface area contributed by atoms with E-state index in [0.29, 0.717) is 29.7 Å². The number of aromatic nitrogens is 2. The van der Waals surface area contributed by atoms with E-state index in [2.05, 4.69) is 18.1 Å². The molecule has 1 aromatic heterocycles. The Labute approximate surface area is 141 Å². The molecule has 0 spiro atoms. The number of ether oxygens (including phenoxy) is 1. The first-order chi connectivity index (χ1) is 11.5. The van der Waals surface area contributed by atoms with Crippen LogP contribution in [0.15, 0.2) is 22.8 Å². The highest BCUT2D eigenvalue weighted by Crippen LogP contribution is 2.45. The predicted octanol–water partition coefficient (Wildman–Crippen LogP) is 2.72. The van der Waals surface area contributed by atoms with Gasteiger partial charge in [0.05, 0.1) is 11.6 Å². The third-order valence-electron chi connectivity index (χ3n) is 4.77. The number of carbonyl (C=O) groups excluding carboxylic acids is 1. The van der Waals surface area contributed by atoms with Crippen molar-refractivity contribution in [2.75, 3.05) is 0 Å². The van der Waals surface area contributed by atoms with E-state index in [1.54, 1.807) is 0 Å². The number of nitrogens with zero attached hydrogens (tertiary/aromatic N) is 3. The lowest BCUT2D eigenvalue weighted by molar-refractivity contribution is -0.116. The van der Waals surface area contributed by atoms with Crippen LogP contribution >= 0.6 is 0 Å². The average Bonchev–Trinajstić information content (AvgIpc) is 2.81. The second-order valence-corrected chi connectivity index (χ2v) is 6.35. The molecular weight excluding hydrogens is 304 g/mol. The molecule has 0 amide bonds. The Morgan fingerprint density at radius 2 is 2.17 bits per heavy atom. The summed E-state index contributed by atoms with van der Waals surface area (Å²) in [5, 5.41) is 14.2. The van der Waals surface area contributed by atoms with E-state index in [1.807, 2.05) is 18.5 Å². The highest BCUT2D eigenvalue weighted by atomic mass is 16.5. The van der Waals surface area contributed by atoms with Crippen LogP contribution in [-0.2, 0) is 16.1 Å². The van der Waals surface area contributed by atoms with Crippen molar-refractivity contribution in [2.45, 2.75) is 58.9 Å². The number of aryl methyl sites for hydroxylation is 2. The van der Waals surface area contributed by atoms with Crippen molar-refractivity contribution >= 4 is 5.78 Å². The van der Waals surface area contributed by atoms with E-state index in [1.165, 1.54) is 0 Å². The average molecular weight is 326 g/mol. The smallest absolute Gasteiger partial charge is 0.205 e. The molecule has 6 nitrogen and oxygen atoms in total. The fourth-order valence-corrected chi connectivity index (χ4v) is 3.70. The first kappa shape index (κ1) is 16.3. The first-order valence-electron chi connectivity index (χ1n) is 8.37. The standard InChI is InChI=1S/C18H22N4O2/c1-4-8-22-11(3)15(10(2)21-22)16-12(9-19)18(20)24-14-7-5-6-13(23)17(14)16/h16H,4-8,20H2,1-3H3/t16-/m1/s1. The molecular formula is C18H22N4O2. The molecule has 2 heterocycles. The van der Waals surface area contributed by atoms with Gasteiger partial charge in [0.1, 0.15) is 17.4 Å². The molecule has 0 saturated carbocycles. The Morgan fingerprint density at radius 3 is 2.83 bits per heavy atom. The van der Waals surface area contributed by atoms with Crippen molar-refractivity contribution < 1.29 is 9.53 Å². The number of rotatable bonds is 3. The van der Waals surface area contributed by atoms with Crippen LogP contribution in [0.1, 0.15) is 55.5 Å². The lowest BCUT2D eigenvalue weighted by atomic mass is 9.77. The summed E-state index contributed by atoms with van der Waals surface area (Å²) in [5.74, 6) is 0.313. The third kappa shape index (κ3) is 2.41. The van der Waals surface area contributed by atoms with Gasteiger partial charge in [-0.1, -0.05) is 6.92 Å². The molecule has 1 aliphatic heterocycles. The van der Waals surface area contributed by atoms with Crippen LogP contribution in [0.2, 0.25) is 0 Å². The van der Waals surface area contributed by atoms with Crippen molar-refractivity contribution in [3.63, 3.8) is 0 Å². The zero-order chi connectivity index (χ0) is 17.4. The number of hydrogen-bond acceptors (Lipinski definition) is 5. The third-order valence-corrected chi connectivity index (χ3v) is 4.77. The lowest BCUT2D eigenvalue weighted by Crippen LogP contribution is -2.28. The summed E-state index contributed by atoms with van der Waals surface area (Å²) >= 11 is 0. The summed E-state index contributed by atoms with van der Waals surface area (Å²) in [7, 11) is 0.